The lowest BCUT2D eigenvalue weighted by molar-refractivity contribution is -0.137. The van der Waals surface area contributed by atoms with Gasteiger partial charge in [-0.3, -0.25) is 0 Å². The van der Waals surface area contributed by atoms with Crippen LogP contribution in [-0.2, 0) is 6.18 Å². The lowest BCUT2D eigenvalue weighted by Gasteiger charge is -2.09. The molecule has 0 saturated heterocycles. The normalized spacial score (nSPS) is 11.6. The standard InChI is InChI=1S/C29H18F4/c30-28-15-11-22(12-16-28)24-6-8-25-17-23(5-7-26(25)18-24)21-3-1-19(2-4-21)20-9-13-27(14-10-20)29(31,32)33/h1-18H. The van der Waals surface area contributed by atoms with E-state index in [4.69, 9.17) is 0 Å². The van der Waals surface area contributed by atoms with E-state index in [9.17, 15) is 17.6 Å². The molecule has 0 aromatic heterocycles. The molecule has 0 aliphatic carbocycles. The van der Waals surface area contributed by atoms with Crippen LogP contribution >= 0.6 is 0 Å². The van der Waals surface area contributed by atoms with Gasteiger partial charge in [0.1, 0.15) is 5.82 Å². The largest absolute Gasteiger partial charge is 0.416 e. The Morgan fingerprint density at radius 2 is 0.727 bits per heavy atom. The second-order valence-electron chi connectivity index (χ2n) is 7.94. The molecule has 4 heteroatoms. The van der Waals surface area contributed by atoms with Gasteiger partial charge in [0.05, 0.1) is 5.56 Å². The molecule has 5 aromatic rings. The number of halogens is 4. The van der Waals surface area contributed by atoms with Gasteiger partial charge in [0.2, 0.25) is 0 Å². The summed E-state index contributed by atoms with van der Waals surface area (Å²) in [4.78, 5) is 0. The van der Waals surface area contributed by atoms with Crippen LogP contribution in [0.2, 0.25) is 0 Å². The van der Waals surface area contributed by atoms with Gasteiger partial charge in [-0.2, -0.15) is 13.2 Å². The predicted molar refractivity (Wildman–Crippen MR) is 125 cm³/mol. The molecule has 162 valence electrons. The first kappa shape index (κ1) is 21.0. The fourth-order valence-electron chi connectivity index (χ4n) is 3.95. The van der Waals surface area contributed by atoms with Gasteiger partial charge in [0.25, 0.3) is 0 Å². The summed E-state index contributed by atoms with van der Waals surface area (Å²) in [6.45, 7) is 0. The molecule has 5 rings (SSSR count). The van der Waals surface area contributed by atoms with Crippen LogP contribution in [0.5, 0.6) is 0 Å². The Morgan fingerprint density at radius 3 is 1.15 bits per heavy atom. The fraction of sp³-hybridized carbons (Fsp3) is 0.0345. The Morgan fingerprint density at radius 1 is 0.394 bits per heavy atom. The zero-order valence-electron chi connectivity index (χ0n) is 17.4. The highest BCUT2D eigenvalue weighted by molar-refractivity contribution is 5.91. The molecule has 0 bridgehead atoms. The van der Waals surface area contributed by atoms with E-state index in [-0.39, 0.29) is 5.82 Å². The highest BCUT2D eigenvalue weighted by atomic mass is 19.4. The molecule has 0 N–H and O–H groups in total. The minimum absolute atomic E-state index is 0.256. The molecule has 0 fully saturated rings. The first-order valence-electron chi connectivity index (χ1n) is 10.4. The molecule has 0 aliphatic heterocycles. The Kier molecular flexibility index (Phi) is 5.21. The minimum atomic E-state index is -4.34. The Balaban J connectivity index is 1.40. The quantitative estimate of drug-likeness (QED) is 0.245. The summed E-state index contributed by atoms with van der Waals surface area (Å²) in [5, 5.41) is 2.17. The molecule has 0 spiro atoms. The van der Waals surface area contributed by atoms with E-state index in [1.54, 1.807) is 12.1 Å². The van der Waals surface area contributed by atoms with E-state index < -0.39 is 11.7 Å². The summed E-state index contributed by atoms with van der Waals surface area (Å²) < 4.78 is 51.5. The monoisotopic (exact) mass is 442 g/mol. The number of hydrogen-bond acceptors (Lipinski definition) is 0. The summed E-state index contributed by atoms with van der Waals surface area (Å²) in [5.41, 5.74) is 5.00. The van der Waals surface area contributed by atoms with E-state index in [1.807, 2.05) is 42.5 Å². The van der Waals surface area contributed by atoms with Gasteiger partial charge in [-0.15, -0.1) is 0 Å². The number of hydrogen-bond donors (Lipinski definition) is 0. The third-order valence-corrected chi connectivity index (χ3v) is 5.78. The van der Waals surface area contributed by atoms with Crippen molar-refractivity contribution in [1.82, 2.24) is 0 Å². The molecule has 0 saturated carbocycles. The third-order valence-electron chi connectivity index (χ3n) is 5.78. The van der Waals surface area contributed by atoms with Gasteiger partial charge < -0.3 is 0 Å². The summed E-state index contributed by atoms with van der Waals surface area (Å²) in [6, 6.07) is 31.8. The van der Waals surface area contributed by atoms with Gasteiger partial charge in [0, 0.05) is 0 Å². The maximum absolute atomic E-state index is 13.2. The smallest absolute Gasteiger partial charge is 0.207 e. The average molecular weight is 442 g/mol. The molecule has 33 heavy (non-hydrogen) atoms. The first-order valence-corrected chi connectivity index (χ1v) is 10.4. The van der Waals surface area contributed by atoms with Crippen LogP contribution in [0.15, 0.2) is 109 Å². The molecule has 0 atom stereocenters. The molecular formula is C29H18F4. The van der Waals surface area contributed by atoms with Crippen molar-refractivity contribution in [2.45, 2.75) is 6.18 Å². The topological polar surface area (TPSA) is 0 Å². The van der Waals surface area contributed by atoms with Gasteiger partial charge in [-0.05, 0) is 80.6 Å². The lowest BCUT2D eigenvalue weighted by Crippen LogP contribution is -2.03. The van der Waals surface area contributed by atoms with Crippen molar-refractivity contribution in [3.05, 3.63) is 121 Å². The molecule has 0 amide bonds. The Bertz CT molecular complexity index is 1410. The van der Waals surface area contributed by atoms with Crippen molar-refractivity contribution < 1.29 is 17.6 Å². The van der Waals surface area contributed by atoms with Crippen molar-refractivity contribution in [3.63, 3.8) is 0 Å². The predicted octanol–water partition coefficient (Wildman–Crippen LogP) is 9.00. The van der Waals surface area contributed by atoms with Crippen LogP contribution in [0.3, 0.4) is 0 Å². The zero-order chi connectivity index (χ0) is 23.0. The van der Waals surface area contributed by atoms with Crippen LogP contribution in [0.4, 0.5) is 17.6 Å². The van der Waals surface area contributed by atoms with Crippen molar-refractivity contribution >= 4 is 10.8 Å². The van der Waals surface area contributed by atoms with Gasteiger partial charge in [-0.25, -0.2) is 4.39 Å². The maximum atomic E-state index is 13.2. The molecule has 5 aromatic carbocycles. The van der Waals surface area contributed by atoms with Crippen LogP contribution < -0.4 is 0 Å². The second kappa shape index (κ2) is 8.21. The number of alkyl halides is 3. The van der Waals surface area contributed by atoms with E-state index >= 15 is 0 Å². The highest BCUT2D eigenvalue weighted by Gasteiger charge is 2.29. The summed E-state index contributed by atoms with van der Waals surface area (Å²) in [6.07, 6.45) is -4.34. The number of rotatable bonds is 3. The Hall–Kier alpha value is -3.92. The van der Waals surface area contributed by atoms with Crippen molar-refractivity contribution in [1.29, 1.82) is 0 Å². The molecule has 0 unspecified atom stereocenters. The SMILES string of the molecule is Fc1ccc(-c2ccc3cc(-c4ccc(-c5ccc(C(F)(F)F)cc5)cc4)ccc3c2)cc1. The molecule has 0 radical (unpaired) electrons. The van der Waals surface area contributed by atoms with Crippen LogP contribution in [0, 0.1) is 5.82 Å². The minimum Gasteiger partial charge on any atom is -0.207 e. The molecular weight excluding hydrogens is 424 g/mol. The van der Waals surface area contributed by atoms with Gasteiger partial charge in [-0.1, -0.05) is 72.8 Å². The second-order valence-corrected chi connectivity index (χ2v) is 7.94. The van der Waals surface area contributed by atoms with Crippen LogP contribution in [0.1, 0.15) is 5.56 Å². The molecule has 0 nitrogen and oxygen atoms in total. The first-order chi connectivity index (χ1) is 15.9. The molecule has 0 heterocycles. The van der Waals surface area contributed by atoms with Crippen LogP contribution in [-0.4, -0.2) is 0 Å². The fourth-order valence-corrected chi connectivity index (χ4v) is 3.95. The highest BCUT2D eigenvalue weighted by Crippen LogP contribution is 2.32. The zero-order valence-corrected chi connectivity index (χ0v) is 17.4. The molecule has 0 aliphatic rings. The van der Waals surface area contributed by atoms with E-state index in [1.165, 1.54) is 24.3 Å². The number of fused-ring (bicyclic) bond motifs is 1. The van der Waals surface area contributed by atoms with Crippen molar-refractivity contribution in [2.75, 3.05) is 0 Å². The third kappa shape index (κ3) is 4.37. The van der Waals surface area contributed by atoms with Crippen LogP contribution in [0.25, 0.3) is 44.2 Å². The van der Waals surface area contributed by atoms with Gasteiger partial charge >= 0.3 is 6.18 Å². The van der Waals surface area contributed by atoms with E-state index in [2.05, 4.69) is 18.2 Å². The lowest BCUT2D eigenvalue weighted by atomic mass is 9.96. The summed E-state index contributed by atoms with van der Waals surface area (Å²) in [5.74, 6) is -0.256. The summed E-state index contributed by atoms with van der Waals surface area (Å²) in [7, 11) is 0. The van der Waals surface area contributed by atoms with Crippen molar-refractivity contribution in [2.24, 2.45) is 0 Å². The maximum Gasteiger partial charge on any atom is 0.416 e. The summed E-state index contributed by atoms with van der Waals surface area (Å²) >= 11 is 0. The Labute approximate surface area is 188 Å². The average Bonchev–Trinajstić information content (AvgIpc) is 2.83. The van der Waals surface area contributed by atoms with Gasteiger partial charge in [0.15, 0.2) is 0 Å². The van der Waals surface area contributed by atoms with Crippen molar-refractivity contribution in [3.8, 4) is 33.4 Å². The van der Waals surface area contributed by atoms with E-state index in [0.717, 1.165) is 56.3 Å². The van der Waals surface area contributed by atoms with E-state index in [0.29, 0.717) is 0 Å². The number of benzene rings is 5.